The largest absolute Gasteiger partial charge is 0.0651 e. The molecule has 0 aromatic heterocycles. The summed E-state index contributed by atoms with van der Waals surface area (Å²) in [6.07, 6.45) is 10.5. The molecule has 67 valence electrons. The highest BCUT2D eigenvalue weighted by atomic mass is 14.0. The maximum Gasteiger partial charge on any atom is -0.0389 e. The van der Waals surface area contributed by atoms with Crippen LogP contribution in [0.5, 0.6) is 0 Å². The zero-order valence-corrected chi connectivity index (χ0v) is 8.40. The summed E-state index contributed by atoms with van der Waals surface area (Å²) >= 11 is 0. The summed E-state index contributed by atoms with van der Waals surface area (Å²) in [5.41, 5.74) is 0. The SMILES string of the molecule is CC[CH]CCCCC(C)CC. The van der Waals surface area contributed by atoms with Gasteiger partial charge in [-0.3, -0.25) is 0 Å². The van der Waals surface area contributed by atoms with Gasteiger partial charge < -0.3 is 0 Å². The Morgan fingerprint density at radius 2 is 1.91 bits per heavy atom. The average molecular weight is 155 g/mol. The zero-order valence-electron chi connectivity index (χ0n) is 8.40. The van der Waals surface area contributed by atoms with Gasteiger partial charge in [0, 0.05) is 0 Å². The third-order valence-corrected chi connectivity index (χ3v) is 2.34. The summed E-state index contributed by atoms with van der Waals surface area (Å²) in [6, 6.07) is 0. The van der Waals surface area contributed by atoms with Crippen molar-refractivity contribution in [1.82, 2.24) is 0 Å². The van der Waals surface area contributed by atoms with E-state index in [0.29, 0.717) is 0 Å². The Balaban J connectivity index is 2.89. The molecule has 0 heteroatoms. The van der Waals surface area contributed by atoms with Crippen LogP contribution in [0, 0.1) is 12.3 Å². The lowest BCUT2D eigenvalue weighted by molar-refractivity contribution is 0.483. The summed E-state index contributed by atoms with van der Waals surface area (Å²) in [5, 5.41) is 0. The highest BCUT2D eigenvalue weighted by Crippen LogP contribution is 2.12. The first-order chi connectivity index (χ1) is 5.31. The summed E-state index contributed by atoms with van der Waals surface area (Å²) in [6.45, 7) is 6.85. The highest BCUT2D eigenvalue weighted by molar-refractivity contribution is 4.61. The van der Waals surface area contributed by atoms with Crippen molar-refractivity contribution in [2.75, 3.05) is 0 Å². The monoisotopic (exact) mass is 155 g/mol. The van der Waals surface area contributed by atoms with Crippen LogP contribution in [0.1, 0.15) is 59.3 Å². The second-order valence-corrected chi connectivity index (χ2v) is 3.49. The van der Waals surface area contributed by atoms with Crippen molar-refractivity contribution in [1.29, 1.82) is 0 Å². The molecule has 0 aromatic carbocycles. The normalized spacial score (nSPS) is 13.4. The Hall–Kier alpha value is 0. The molecule has 0 aliphatic rings. The first kappa shape index (κ1) is 11.0. The molecule has 0 saturated heterocycles. The number of hydrogen-bond acceptors (Lipinski definition) is 0. The lowest BCUT2D eigenvalue weighted by Gasteiger charge is -2.06. The van der Waals surface area contributed by atoms with Crippen molar-refractivity contribution < 1.29 is 0 Å². The molecule has 0 N–H and O–H groups in total. The van der Waals surface area contributed by atoms with Gasteiger partial charge in [0.25, 0.3) is 0 Å². The molecule has 1 atom stereocenters. The molecule has 11 heavy (non-hydrogen) atoms. The Morgan fingerprint density at radius 3 is 2.45 bits per heavy atom. The van der Waals surface area contributed by atoms with Crippen molar-refractivity contribution in [2.45, 2.75) is 59.3 Å². The van der Waals surface area contributed by atoms with Gasteiger partial charge in [0.1, 0.15) is 0 Å². The molecule has 0 aromatic rings. The van der Waals surface area contributed by atoms with Gasteiger partial charge in [0.2, 0.25) is 0 Å². The van der Waals surface area contributed by atoms with E-state index in [2.05, 4.69) is 27.2 Å². The maximum atomic E-state index is 2.39. The minimum Gasteiger partial charge on any atom is -0.0651 e. The molecule has 0 aliphatic carbocycles. The van der Waals surface area contributed by atoms with Crippen LogP contribution in [-0.2, 0) is 0 Å². The van der Waals surface area contributed by atoms with Crippen LogP contribution in [0.3, 0.4) is 0 Å². The summed E-state index contributed by atoms with van der Waals surface area (Å²) in [5.74, 6) is 0.941. The van der Waals surface area contributed by atoms with Gasteiger partial charge in [-0.25, -0.2) is 0 Å². The summed E-state index contributed by atoms with van der Waals surface area (Å²) in [7, 11) is 0. The fourth-order valence-corrected chi connectivity index (χ4v) is 1.19. The molecule has 1 radical (unpaired) electrons. The molecular formula is C11H23. The molecule has 1 unspecified atom stereocenters. The lowest BCUT2D eigenvalue weighted by Crippen LogP contribution is -1.91. The fourth-order valence-electron chi connectivity index (χ4n) is 1.19. The van der Waals surface area contributed by atoms with Crippen LogP contribution >= 0.6 is 0 Å². The molecule has 0 rings (SSSR count). The second-order valence-electron chi connectivity index (χ2n) is 3.49. The van der Waals surface area contributed by atoms with E-state index in [1.165, 1.54) is 38.5 Å². The van der Waals surface area contributed by atoms with Gasteiger partial charge in [0.15, 0.2) is 0 Å². The van der Waals surface area contributed by atoms with E-state index < -0.39 is 0 Å². The smallest absolute Gasteiger partial charge is 0.0389 e. The summed E-state index contributed by atoms with van der Waals surface area (Å²) in [4.78, 5) is 0. The summed E-state index contributed by atoms with van der Waals surface area (Å²) < 4.78 is 0. The molecule has 0 saturated carbocycles. The lowest BCUT2D eigenvalue weighted by atomic mass is 10.0. The zero-order chi connectivity index (χ0) is 8.53. The van der Waals surface area contributed by atoms with Gasteiger partial charge in [-0.1, -0.05) is 59.3 Å². The molecule has 0 spiro atoms. The van der Waals surface area contributed by atoms with E-state index in [4.69, 9.17) is 0 Å². The fraction of sp³-hybridized carbons (Fsp3) is 0.909. The van der Waals surface area contributed by atoms with Crippen LogP contribution in [0.4, 0.5) is 0 Å². The Kier molecular flexibility index (Phi) is 8.10. The predicted octanol–water partition coefficient (Wildman–Crippen LogP) is 4.21. The van der Waals surface area contributed by atoms with Gasteiger partial charge in [-0.2, -0.15) is 0 Å². The van der Waals surface area contributed by atoms with E-state index in [-0.39, 0.29) is 0 Å². The Labute approximate surface area is 72.4 Å². The van der Waals surface area contributed by atoms with Gasteiger partial charge >= 0.3 is 0 Å². The second kappa shape index (κ2) is 8.10. The molecular weight excluding hydrogens is 132 g/mol. The van der Waals surface area contributed by atoms with Crippen molar-refractivity contribution in [2.24, 2.45) is 5.92 Å². The van der Waals surface area contributed by atoms with Crippen LogP contribution in [0.25, 0.3) is 0 Å². The van der Waals surface area contributed by atoms with E-state index in [0.717, 1.165) is 5.92 Å². The average Bonchev–Trinajstić information content (AvgIpc) is 2.04. The minimum absolute atomic E-state index is 0.941. The number of unbranched alkanes of at least 4 members (excludes halogenated alkanes) is 4. The molecule has 0 aliphatic heterocycles. The molecule has 0 nitrogen and oxygen atoms in total. The van der Waals surface area contributed by atoms with Gasteiger partial charge in [-0.15, -0.1) is 0 Å². The molecule has 0 fully saturated rings. The van der Waals surface area contributed by atoms with Crippen LogP contribution < -0.4 is 0 Å². The van der Waals surface area contributed by atoms with Gasteiger partial charge in [-0.05, 0) is 12.3 Å². The van der Waals surface area contributed by atoms with E-state index in [9.17, 15) is 0 Å². The van der Waals surface area contributed by atoms with E-state index in [1.54, 1.807) is 0 Å². The number of rotatable bonds is 7. The van der Waals surface area contributed by atoms with E-state index >= 15 is 0 Å². The third-order valence-electron chi connectivity index (χ3n) is 2.34. The minimum atomic E-state index is 0.941. The highest BCUT2D eigenvalue weighted by Gasteiger charge is 1.97. The van der Waals surface area contributed by atoms with Crippen molar-refractivity contribution in [3.63, 3.8) is 0 Å². The predicted molar refractivity (Wildman–Crippen MR) is 52.5 cm³/mol. The molecule has 0 heterocycles. The standard InChI is InChI=1S/C11H23/c1-4-6-7-8-9-10-11(3)5-2/h6,11H,4-5,7-10H2,1-3H3. The first-order valence-corrected chi connectivity index (χ1v) is 5.12. The quantitative estimate of drug-likeness (QED) is 0.483. The van der Waals surface area contributed by atoms with Gasteiger partial charge in [0.05, 0.1) is 0 Å². The van der Waals surface area contributed by atoms with Crippen LogP contribution in [-0.4, -0.2) is 0 Å². The number of hydrogen-bond donors (Lipinski definition) is 0. The van der Waals surface area contributed by atoms with Crippen LogP contribution in [0.2, 0.25) is 0 Å². The molecule has 0 bridgehead atoms. The van der Waals surface area contributed by atoms with Crippen molar-refractivity contribution >= 4 is 0 Å². The van der Waals surface area contributed by atoms with Crippen molar-refractivity contribution in [3.05, 3.63) is 6.42 Å². The molecule has 0 amide bonds. The van der Waals surface area contributed by atoms with Crippen molar-refractivity contribution in [3.8, 4) is 0 Å². The Morgan fingerprint density at radius 1 is 1.18 bits per heavy atom. The first-order valence-electron chi connectivity index (χ1n) is 5.12. The van der Waals surface area contributed by atoms with E-state index in [1.807, 2.05) is 0 Å². The van der Waals surface area contributed by atoms with Crippen LogP contribution in [0.15, 0.2) is 0 Å². The Bertz CT molecular complexity index is 66.4. The maximum absolute atomic E-state index is 2.39. The topological polar surface area (TPSA) is 0 Å². The third kappa shape index (κ3) is 7.90.